The van der Waals surface area contributed by atoms with Gasteiger partial charge < -0.3 is 21.2 Å². The fourth-order valence-corrected chi connectivity index (χ4v) is 2.34. The quantitative estimate of drug-likeness (QED) is 0.321. The van der Waals surface area contributed by atoms with Crippen molar-refractivity contribution in [2.75, 3.05) is 0 Å². The van der Waals surface area contributed by atoms with Gasteiger partial charge in [-0.25, -0.2) is 0 Å². The summed E-state index contributed by atoms with van der Waals surface area (Å²) in [4.78, 5) is 18.5. The number of carbonyl (C=O) groups is 1. The molecule has 1 unspecified atom stereocenters. The van der Waals surface area contributed by atoms with Crippen molar-refractivity contribution in [3.05, 3.63) is 79.6 Å². The fraction of sp³-hybridized carbons (Fsp3) is 0.280. The predicted molar refractivity (Wildman–Crippen MR) is 118 cm³/mol. The molecule has 1 heterocycles. The molecule has 3 aromatic rings. The molecule has 0 amide bonds. The Labute approximate surface area is 208 Å². The van der Waals surface area contributed by atoms with Crippen LogP contribution in [-0.4, -0.2) is 15.8 Å². The molecule has 4 rings (SSSR count). The third-order valence-electron chi connectivity index (χ3n) is 3.79. The number of ketones is 1. The average molecular weight is 609 g/mol. The first-order valence-electron chi connectivity index (χ1n) is 9.93. The Kier molecular flexibility index (Phi) is 18.6. The second-order valence-electron chi connectivity index (χ2n) is 5.65. The number of nitrogens with zero attached hydrogens (tertiary/aromatic N) is 2. The Hall–Kier alpha value is -1.54. The molecule has 30 heavy (non-hydrogen) atoms. The average Bonchev–Trinajstić information content (AvgIpc) is 3.64. The molecule has 1 atom stereocenters. The summed E-state index contributed by atoms with van der Waals surface area (Å²) in [5.41, 5.74) is 4.14. The fourth-order valence-electron chi connectivity index (χ4n) is 2.34. The van der Waals surface area contributed by atoms with Gasteiger partial charge in [-0.1, -0.05) is 106 Å². The van der Waals surface area contributed by atoms with Crippen LogP contribution in [0.25, 0.3) is 22.4 Å². The molecule has 2 aromatic carbocycles. The number of aromatic nitrogens is 2. The predicted octanol–water partition coefficient (Wildman–Crippen LogP) is 6.46. The zero-order chi connectivity index (χ0) is 20.8. The van der Waals surface area contributed by atoms with E-state index < -0.39 is 0 Å². The van der Waals surface area contributed by atoms with Gasteiger partial charge in [0.15, 0.2) is 0 Å². The molecule has 0 aliphatic heterocycles. The van der Waals surface area contributed by atoms with Crippen LogP contribution in [0.5, 0.6) is 0 Å². The summed E-state index contributed by atoms with van der Waals surface area (Å²) in [5.74, 6) is 0.653. The Morgan fingerprint density at radius 1 is 0.933 bits per heavy atom. The van der Waals surface area contributed by atoms with Crippen molar-refractivity contribution in [1.82, 2.24) is 9.97 Å². The molecule has 0 bridgehead atoms. The molecular weight excluding hydrogens is 579 g/mol. The zero-order valence-corrected chi connectivity index (χ0v) is 22.7. The summed E-state index contributed by atoms with van der Waals surface area (Å²) in [5, 5.41) is 0. The Bertz CT molecular complexity index is 751. The van der Waals surface area contributed by atoms with E-state index >= 15 is 0 Å². The third-order valence-corrected chi connectivity index (χ3v) is 3.79. The summed E-state index contributed by atoms with van der Waals surface area (Å²) < 4.78 is 0. The van der Waals surface area contributed by atoms with Crippen molar-refractivity contribution in [2.24, 2.45) is 5.92 Å². The molecule has 1 aliphatic carbocycles. The molecule has 1 radical (unpaired) electrons. The van der Waals surface area contributed by atoms with Gasteiger partial charge in [-0.15, -0.1) is 5.92 Å². The first-order valence-corrected chi connectivity index (χ1v) is 9.93. The minimum absolute atomic E-state index is 0. The van der Waals surface area contributed by atoms with Gasteiger partial charge in [0.2, 0.25) is 0 Å². The number of benzene rings is 2. The van der Waals surface area contributed by atoms with Crippen molar-refractivity contribution in [1.29, 1.82) is 0 Å². The van der Waals surface area contributed by atoms with Crippen molar-refractivity contribution < 1.29 is 44.4 Å². The number of Topliss-reactive ketones (excluding diaryl/α,β-unsaturated/α-hetero) is 1. The molecule has 1 saturated carbocycles. The van der Waals surface area contributed by atoms with Gasteiger partial charge in [-0.2, -0.15) is 6.42 Å². The maximum atomic E-state index is 10.2. The molecule has 3 nitrogen and oxygen atoms in total. The Morgan fingerprint density at radius 2 is 1.40 bits per heavy atom. The first-order chi connectivity index (χ1) is 13.8. The van der Waals surface area contributed by atoms with Gasteiger partial charge in [0, 0.05) is 45.9 Å². The molecule has 1 fully saturated rings. The van der Waals surface area contributed by atoms with Crippen molar-refractivity contribution in [2.45, 2.75) is 41.0 Å². The molecular formula is C25H30N2OVW-2. The monoisotopic (exact) mass is 609 g/mol. The maximum Gasteiger partial charge on any atom is 0.101 e. The zero-order valence-electron chi connectivity index (χ0n) is 18.4. The normalized spacial score (nSPS) is 12.5. The van der Waals surface area contributed by atoms with Crippen LogP contribution in [0.2, 0.25) is 0 Å². The molecule has 5 heteroatoms. The topological polar surface area (TPSA) is 42.9 Å². The number of hydrogen-bond acceptors (Lipinski definition) is 3. The van der Waals surface area contributed by atoms with E-state index in [9.17, 15) is 4.79 Å². The number of hydrogen-bond donors (Lipinski definition) is 0. The van der Waals surface area contributed by atoms with Crippen molar-refractivity contribution >= 4 is 5.78 Å². The van der Waals surface area contributed by atoms with Gasteiger partial charge in [0.1, 0.15) is 5.78 Å². The van der Waals surface area contributed by atoms with E-state index in [1.54, 1.807) is 6.92 Å². The summed E-state index contributed by atoms with van der Waals surface area (Å²) >= 11 is 0. The number of rotatable bonds is 3. The van der Waals surface area contributed by atoms with E-state index in [2.05, 4.69) is 28.4 Å². The third kappa shape index (κ3) is 10.5. The van der Waals surface area contributed by atoms with Gasteiger partial charge in [0.25, 0.3) is 0 Å². The van der Waals surface area contributed by atoms with Crippen LogP contribution >= 0.6 is 0 Å². The summed E-state index contributed by atoms with van der Waals surface area (Å²) in [6.45, 7) is 9.63. The Balaban J connectivity index is 0. The van der Waals surface area contributed by atoms with Crippen molar-refractivity contribution in [3.8, 4) is 22.4 Å². The standard InChI is InChI=1S/C16H11N2.C5H7O.2C2H6.V.W/c1-3-7-13(8-4-1)15-11-17-12-18-16(15)14-9-5-2-6-10-14;1-4(6)5-2-3-5;2*1-2;;/h1-11H;2,5H,3H2,1H3;2*1-2H3;;/q2*-1;;;;. The van der Waals surface area contributed by atoms with E-state index in [4.69, 9.17) is 0 Å². The molecule has 0 saturated heterocycles. The van der Waals surface area contributed by atoms with E-state index in [-0.39, 0.29) is 39.6 Å². The second-order valence-corrected chi connectivity index (χ2v) is 5.65. The first kappa shape index (κ1) is 30.7. The van der Waals surface area contributed by atoms with Gasteiger partial charge >= 0.3 is 0 Å². The van der Waals surface area contributed by atoms with E-state index in [1.165, 1.54) is 0 Å². The van der Waals surface area contributed by atoms with Crippen LogP contribution in [0, 0.1) is 18.7 Å². The van der Waals surface area contributed by atoms with Crippen LogP contribution in [-0.2, 0) is 44.4 Å². The van der Waals surface area contributed by atoms with Crippen LogP contribution in [0.1, 0.15) is 41.0 Å². The second kappa shape index (κ2) is 18.2. The van der Waals surface area contributed by atoms with E-state index in [0.29, 0.717) is 11.7 Å². The largest absolute Gasteiger partial charge is 0.374 e. The Morgan fingerprint density at radius 3 is 1.80 bits per heavy atom. The van der Waals surface area contributed by atoms with E-state index in [1.807, 2.05) is 88.8 Å². The van der Waals surface area contributed by atoms with Crippen molar-refractivity contribution in [3.63, 3.8) is 0 Å². The van der Waals surface area contributed by atoms with E-state index in [0.717, 1.165) is 28.8 Å². The van der Waals surface area contributed by atoms with Gasteiger partial charge in [-0.3, -0.25) is 0 Å². The number of carbonyl (C=O) groups excluding carboxylic acids is 1. The molecule has 1 aromatic heterocycles. The minimum atomic E-state index is 0. The smallest absolute Gasteiger partial charge is 0.101 e. The van der Waals surface area contributed by atoms with Crippen LogP contribution in [0.3, 0.4) is 0 Å². The van der Waals surface area contributed by atoms with Gasteiger partial charge in [-0.05, 0) is 18.2 Å². The minimum Gasteiger partial charge on any atom is -0.374 e. The summed E-state index contributed by atoms with van der Waals surface area (Å²) in [6.07, 6.45) is 7.52. The van der Waals surface area contributed by atoms with Crippen LogP contribution in [0.4, 0.5) is 0 Å². The summed E-state index contributed by atoms with van der Waals surface area (Å²) in [6, 6.07) is 20.2. The van der Waals surface area contributed by atoms with Crippen LogP contribution < -0.4 is 0 Å². The molecule has 0 N–H and O–H groups in total. The molecule has 159 valence electrons. The van der Waals surface area contributed by atoms with Crippen LogP contribution in [0.15, 0.2) is 66.9 Å². The molecule has 0 spiro atoms. The van der Waals surface area contributed by atoms with Gasteiger partial charge in [0.05, 0.1) is 0 Å². The SMILES string of the molecule is CC.CC.CC(=O)C1[CH-]C1.[V].[W].[c-]1ncc(-c2ccccc2)c(-c2ccccc2)n1. The maximum absolute atomic E-state index is 10.2. The molecule has 1 aliphatic rings. The summed E-state index contributed by atoms with van der Waals surface area (Å²) in [7, 11) is 0.